The Hall–Kier alpha value is -3.12. The first kappa shape index (κ1) is 19.2. The van der Waals surface area contributed by atoms with Crippen molar-refractivity contribution in [1.29, 1.82) is 0 Å². The van der Waals surface area contributed by atoms with Crippen LogP contribution in [-0.4, -0.2) is 18.0 Å². The van der Waals surface area contributed by atoms with Crippen LogP contribution in [0.2, 0.25) is 0 Å². The van der Waals surface area contributed by atoms with Crippen LogP contribution in [0.1, 0.15) is 21.5 Å². The molecule has 6 heteroatoms. The number of halogens is 1. The quantitative estimate of drug-likeness (QED) is 0.405. The first-order valence-corrected chi connectivity index (χ1v) is 9.87. The fourth-order valence-corrected chi connectivity index (χ4v) is 3.58. The molecular formula is C23H19BrN2O3. The molecule has 0 aliphatic carbocycles. The summed E-state index contributed by atoms with van der Waals surface area (Å²) in [7, 11) is 1.58. The van der Waals surface area contributed by atoms with Gasteiger partial charge in [-0.3, -0.25) is 4.79 Å². The second-order valence-electron chi connectivity index (χ2n) is 6.81. The highest BCUT2D eigenvalue weighted by atomic mass is 79.9. The molecule has 0 saturated heterocycles. The molecule has 0 saturated carbocycles. The summed E-state index contributed by atoms with van der Waals surface area (Å²) in [5.41, 5.74) is 5.88. The number of hydrogen-bond acceptors (Lipinski definition) is 4. The lowest BCUT2D eigenvalue weighted by atomic mass is 10.1. The maximum Gasteiger partial charge on any atom is 0.255 e. The number of methoxy groups -OCH3 is 1. The first-order chi connectivity index (χ1) is 13.9. The van der Waals surface area contributed by atoms with E-state index in [9.17, 15) is 4.79 Å². The second kappa shape index (κ2) is 7.72. The third-order valence-electron chi connectivity index (χ3n) is 4.79. The lowest BCUT2D eigenvalue weighted by Gasteiger charge is -2.08. The molecule has 0 radical (unpaired) electrons. The summed E-state index contributed by atoms with van der Waals surface area (Å²) in [6.07, 6.45) is 0. The number of anilines is 1. The standard InChI is InChI=1S/C23H19BrN2O3/c1-13-9-19-21(10-14(13)2)29-23(26-19)16-5-4-6-17(11-16)25-22(27)15-7-8-20(28-3)18(24)12-15/h4-12H,1-3H3,(H,25,27). The van der Waals surface area contributed by atoms with Crippen LogP contribution in [0.5, 0.6) is 5.75 Å². The number of nitrogens with zero attached hydrogens (tertiary/aromatic N) is 1. The van der Waals surface area contributed by atoms with E-state index < -0.39 is 0 Å². The highest BCUT2D eigenvalue weighted by Gasteiger charge is 2.12. The highest BCUT2D eigenvalue weighted by Crippen LogP contribution is 2.29. The Morgan fingerprint density at radius 1 is 1.07 bits per heavy atom. The van der Waals surface area contributed by atoms with E-state index in [1.54, 1.807) is 25.3 Å². The number of carbonyl (C=O) groups excluding carboxylic acids is 1. The van der Waals surface area contributed by atoms with E-state index in [1.807, 2.05) is 43.3 Å². The van der Waals surface area contributed by atoms with Gasteiger partial charge in [0.05, 0.1) is 11.6 Å². The smallest absolute Gasteiger partial charge is 0.255 e. The van der Waals surface area contributed by atoms with Gasteiger partial charge in [-0.2, -0.15) is 0 Å². The second-order valence-corrected chi connectivity index (χ2v) is 7.66. The number of carbonyl (C=O) groups is 1. The molecule has 0 aliphatic heterocycles. The topological polar surface area (TPSA) is 64.4 Å². The van der Waals surface area contributed by atoms with Gasteiger partial charge in [0.1, 0.15) is 11.3 Å². The van der Waals surface area contributed by atoms with Gasteiger partial charge in [-0.1, -0.05) is 6.07 Å². The van der Waals surface area contributed by atoms with E-state index >= 15 is 0 Å². The van der Waals surface area contributed by atoms with Crippen molar-refractivity contribution in [3.8, 4) is 17.2 Å². The largest absolute Gasteiger partial charge is 0.496 e. The van der Waals surface area contributed by atoms with Gasteiger partial charge in [-0.25, -0.2) is 4.98 Å². The SMILES string of the molecule is COc1ccc(C(=O)Nc2cccc(-c3nc4cc(C)c(C)cc4o3)c2)cc1Br. The van der Waals surface area contributed by atoms with Crippen LogP contribution >= 0.6 is 15.9 Å². The van der Waals surface area contributed by atoms with Gasteiger partial charge in [0.15, 0.2) is 5.58 Å². The molecule has 0 aliphatic rings. The molecule has 1 aromatic heterocycles. The van der Waals surface area contributed by atoms with Gasteiger partial charge in [-0.05, 0) is 89.4 Å². The van der Waals surface area contributed by atoms with E-state index in [4.69, 9.17) is 9.15 Å². The minimum atomic E-state index is -0.214. The number of oxazole rings is 1. The van der Waals surface area contributed by atoms with Crippen molar-refractivity contribution < 1.29 is 13.9 Å². The number of hydrogen-bond donors (Lipinski definition) is 1. The number of ether oxygens (including phenoxy) is 1. The molecule has 4 rings (SSSR count). The van der Waals surface area contributed by atoms with E-state index in [-0.39, 0.29) is 5.91 Å². The van der Waals surface area contributed by atoms with Crippen molar-refractivity contribution in [2.24, 2.45) is 0 Å². The van der Waals surface area contributed by atoms with Crippen LogP contribution in [-0.2, 0) is 0 Å². The van der Waals surface area contributed by atoms with E-state index in [0.717, 1.165) is 26.7 Å². The molecule has 0 atom stereocenters. The summed E-state index contributed by atoms with van der Waals surface area (Å²) in [4.78, 5) is 17.2. The van der Waals surface area contributed by atoms with Crippen molar-refractivity contribution in [3.63, 3.8) is 0 Å². The average Bonchev–Trinajstić information content (AvgIpc) is 3.11. The van der Waals surface area contributed by atoms with Crippen LogP contribution in [0, 0.1) is 13.8 Å². The number of aryl methyl sites for hydroxylation is 2. The molecule has 5 nitrogen and oxygen atoms in total. The van der Waals surface area contributed by atoms with Crippen LogP contribution in [0.25, 0.3) is 22.6 Å². The Balaban J connectivity index is 1.60. The third kappa shape index (κ3) is 3.89. The molecule has 0 spiro atoms. The monoisotopic (exact) mass is 450 g/mol. The number of fused-ring (bicyclic) bond motifs is 1. The van der Waals surface area contributed by atoms with Gasteiger partial charge in [0, 0.05) is 16.8 Å². The Kier molecular flexibility index (Phi) is 5.11. The Labute approximate surface area is 176 Å². The van der Waals surface area contributed by atoms with Crippen molar-refractivity contribution >= 4 is 38.6 Å². The fourth-order valence-electron chi connectivity index (χ4n) is 3.04. The van der Waals surface area contributed by atoms with E-state index in [0.29, 0.717) is 22.9 Å². The van der Waals surface area contributed by atoms with E-state index in [2.05, 4.69) is 33.2 Å². The molecule has 0 bridgehead atoms. The van der Waals surface area contributed by atoms with Gasteiger partial charge in [0.25, 0.3) is 5.91 Å². The fraction of sp³-hybridized carbons (Fsp3) is 0.130. The molecule has 0 fully saturated rings. The molecular weight excluding hydrogens is 432 g/mol. The van der Waals surface area contributed by atoms with Crippen molar-refractivity contribution in [2.75, 3.05) is 12.4 Å². The average molecular weight is 451 g/mol. The van der Waals surface area contributed by atoms with Gasteiger partial charge in [-0.15, -0.1) is 0 Å². The number of nitrogens with one attached hydrogen (secondary N) is 1. The number of rotatable bonds is 4. The maximum absolute atomic E-state index is 12.6. The number of benzene rings is 3. The molecule has 1 N–H and O–H groups in total. The van der Waals surface area contributed by atoms with Crippen LogP contribution in [0.4, 0.5) is 5.69 Å². The Bertz CT molecular complexity index is 1190. The Morgan fingerprint density at radius 3 is 2.62 bits per heavy atom. The van der Waals surface area contributed by atoms with Gasteiger partial charge < -0.3 is 14.5 Å². The maximum atomic E-state index is 12.6. The Morgan fingerprint density at radius 2 is 1.86 bits per heavy atom. The predicted octanol–water partition coefficient (Wildman–Crippen LogP) is 6.14. The summed E-state index contributed by atoms with van der Waals surface area (Å²) >= 11 is 3.40. The van der Waals surface area contributed by atoms with E-state index in [1.165, 1.54) is 5.56 Å². The summed E-state index contributed by atoms with van der Waals surface area (Å²) in [6, 6.07) is 16.6. The van der Waals surface area contributed by atoms with Crippen molar-refractivity contribution in [2.45, 2.75) is 13.8 Å². The summed E-state index contributed by atoms with van der Waals surface area (Å²) in [5.74, 6) is 0.979. The third-order valence-corrected chi connectivity index (χ3v) is 5.40. The van der Waals surface area contributed by atoms with Crippen LogP contribution in [0.15, 0.2) is 63.5 Å². The molecule has 1 heterocycles. The van der Waals surface area contributed by atoms with Crippen LogP contribution < -0.4 is 10.1 Å². The predicted molar refractivity (Wildman–Crippen MR) is 118 cm³/mol. The van der Waals surface area contributed by atoms with Gasteiger partial charge in [0.2, 0.25) is 5.89 Å². The van der Waals surface area contributed by atoms with Crippen molar-refractivity contribution in [1.82, 2.24) is 4.98 Å². The summed E-state index contributed by atoms with van der Waals surface area (Å²) < 4.78 is 11.9. The lowest BCUT2D eigenvalue weighted by molar-refractivity contribution is 0.102. The molecule has 3 aromatic carbocycles. The first-order valence-electron chi connectivity index (χ1n) is 9.08. The van der Waals surface area contributed by atoms with Gasteiger partial charge >= 0.3 is 0 Å². The highest BCUT2D eigenvalue weighted by molar-refractivity contribution is 9.10. The molecule has 4 aromatic rings. The normalized spacial score (nSPS) is 10.9. The summed E-state index contributed by atoms with van der Waals surface area (Å²) in [5, 5.41) is 2.92. The summed E-state index contributed by atoms with van der Waals surface area (Å²) in [6.45, 7) is 4.10. The minimum Gasteiger partial charge on any atom is -0.496 e. The molecule has 0 unspecified atom stereocenters. The zero-order chi connectivity index (χ0) is 20.5. The molecule has 29 heavy (non-hydrogen) atoms. The number of aromatic nitrogens is 1. The number of amides is 1. The lowest BCUT2D eigenvalue weighted by Crippen LogP contribution is -2.11. The minimum absolute atomic E-state index is 0.214. The van der Waals surface area contributed by atoms with Crippen molar-refractivity contribution in [3.05, 3.63) is 75.8 Å². The zero-order valence-corrected chi connectivity index (χ0v) is 17.8. The van der Waals surface area contributed by atoms with Crippen LogP contribution in [0.3, 0.4) is 0 Å². The zero-order valence-electron chi connectivity index (χ0n) is 16.2. The molecule has 1 amide bonds. The molecule has 146 valence electrons.